The SMILES string of the molecule is CCOC(=O)c1c(NC(=O)CN2CC(C)CC(C)C2)sc2c1CCCC2. The van der Waals surface area contributed by atoms with Crippen molar-refractivity contribution in [2.45, 2.75) is 52.9 Å². The lowest BCUT2D eigenvalue weighted by atomic mass is 9.92. The van der Waals surface area contributed by atoms with Gasteiger partial charge in [0.1, 0.15) is 5.00 Å². The number of hydrogen-bond acceptors (Lipinski definition) is 5. The lowest BCUT2D eigenvalue weighted by molar-refractivity contribution is -0.117. The Kier molecular flexibility index (Phi) is 6.35. The third-order valence-corrected chi connectivity index (χ3v) is 6.42. The number of aryl methyl sites for hydroxylation is 1. The molecule has 1 fully saturated rings. The second-order valence-electron chi connectivity index (χ2n) is 7.82. The minimum Gasteiger partial charge on any atom is -0.462 e. The molecule has 0 spiro atoms. The standard InChI is InChI=1S/C20H30N2O3S/c1-4-25-20(24)18-15-7-5-6-8-16(15)26-19(18)21-17(23)12-22-10-13(2)9-14(3)11-22/h13-14H,4-12H2,1-3H3,(H,21,23). The Hall–Kier alpha value is -1.40. The molecule has 1 aromatic heterocycles. The van der Waals surface area contributed by atoms with E-state index in [-0.39, 0.29) is 11.9 Å². The second kappa shape index (κ2) is 8.53. The molecule has 3 rings (SSSR count). The van der Waals surface area contributed by atoms with E-state index in [1.165, 1.54) is 11.3 Å². The minimum atomic E-state index is -0.303. The maximum Gasteiger partial charge on any atom is 0.341 e. The van der Waals surface area contributed by atoms with E-state index >= 15 is 0 Å². The third kappa shape index (κ3) is 4.46. The number of nitrogens with one attached hydrogen (secondary N) is 1. The van der Waals surface area contributed by atoms with Crippen molar-refractivity contribution >= 4 is 28.2 Å². The van der Waals surface area contributed by atoms with E-state index in [1.807, 2.05) is 6.92 Å². The molecular formula is C20H30N2O3S. The maximum atomic E-state index is 12.6. The molecule has 1 N–H and O–H groups in total. The number of esters is 1. The first kappa shape index (κ1) is 19.4. The largest absolute Gasteiger partial charge is 0.462 e. The normalized spacial score (nSPS) is 23.3. The average Bonchev–Trinajstić information content (AvgIpc) is 2.91. The van der Waals surface area contributed by atoms with E-state index in [0.29, 0.717) is 35.6 Å². The first-order chi connectivity index (χ1) is 12.5. The van der Waals surface area contributed by atoms with Gasteiger partial charge in [-0.3, -0.25) is 9.69 Å². The summed E-state index contributed by atoms with van der Waals surface area (Å²) in [4.78, 5) is 28.6. The summed E-state index contributed by atoms with van der Waals surface area (Å²) in [6.07, 6.45) is 5.35. The Labute approximate surface area is 160 Å². The van der Waals surface area contributed by atoms with Crippen molar-refractivity contribution in [3.05, 3.63) is 16.0 Å². The molecule has 2 heterocycles. The fourth-order valence-electron chi connectivity index (χ4n) is 4.36. The van der Waals surface area contributed by atoms with E-state index < -0.39 is 0 Å². The summed E-state index contributed by atoms with van der Waals surface area (Å²) in [6, 6.07) is 0. The fourth-order valence-corrected chi connectivity index (χ4v) is 5.66. The van der Waals surface area contributed by atoms with Crippen LogP contribution in [0, 0.1) is 11.8 Å². The Morgan fingerprint density at radius 2 is 1.88 bits per heavy atom. The van der Waals surface area contributed by atoms with Gasteiger partial charge in [-0.25, -0.2) is 4.79 Å². The lowest BCUT2D eigenvalue weighted by Crippen LogP contribution is -2.42. The minimum absolute atomic E-state index is 0.0320. The van der Waals surface area contributed by atoms with E-state index in [0.717, 1.165) is 44.3 Å². The molecule has 0 bridgehead atoms. The van der Waals surface area contributed by atoms with Crippen molar-refractivity contribution in [2.24, 2.45) is 11.8 Å². The molecule has 1 saturated heterocycles. The third-order valence-electron chi connectivity index (χ3n) is 5.22. The van der Waals surface area contributed by atoms with Crippen molar-refractivity contribution < 1.29 is 14.3 Å². The number of anilines is 1. The number of fused-ring (bicyclic) bond motifs is 1. The zero-order valence-corrected chi connectivity index (χ0v) is 16.9. The zero-order valence-electron chi connectivity index (χ0n) is 16.1. The summed E-state index contributed by atoms with van der Waals surface area (Å²) in [5.74, 6) is 0.907. The summed E-state index contributed by atoms with van der Waals surface area (Å²) in [7, 11) is 0. The zero-order chi connectivity index (χ0) is 18.7. The van der Waals surface area contributed by atoms with E-state index in [9.17, 15) is 9.59 Å². The first-order valence-electron chi connectivity index (χ1n) is 9.81. The molecule has 5 nitrogen and oxygen atoms in total. The number of amides is 1. The van der Waals surface area contributed by atoms with E-state index in [4.69, 9.17) is 4.74 Å². The van der Waals surface area contributed by atoms with Gasteiger partial charge in [0.25, 0.3) is 0 Å². The molecule has 26 heavy (non-hydrogen) atoms. The number of rotatable bonds is 5. The predicted octanol–water partition coefficient (Wildman–Crippen LogP) is 3.72. The van der Waals surface area contributed by atoms with Crippen LogP contribution in [0.4, 0.5) is 5.00 Å². The highest BCUT2D eigenvalue weighted by Gasteiger charge is 2.28. The van der Waals surface area contributed by atoms with Gasteiger partial charge in [0.2, 0.25) is 5.91 Å². The molecule has 1 aliphatic heterocycles. The molecule has 0 aromatic carbocycles. The van der Waals surface area contributed by atoms with Crippen molar-refractivity contribution in [2.75, 3.05) is 31.6 Å². The van der Waals surface area contributed by atoms with Gasteiger partial charge >= 0.3 is 5.97 Å². The van der Waals surface area contributed by atoms with Crippen molar-refractivity contribution in [1.29, 1.82) is 0 Å². The molecule has 2 unspecified atom stereocenters. The number of piperidine rings is 1. The number of carbonyl (C=O) groups excluding carboxylic acids is 2. The quantitative estimate of drug-likeness (QED) is 0.794. The number of hydrogen-bond donors (Lipinski definition) is 1. The summed E-state index contributed by atoms with van der Waals surface area (Å²) in [6.45, 7) is 8.96. The van der Waals surface area contributed by atoms with Gasteiger partial charge < -0.3 is 10.1 Å². The molecule has 2 atom stereocenters. The van der Waals surface area contributed by atoms with Gasteiger partial charge in [-0.1, -0.05) is 13.8 Å². The number of carbonyl (C=O) groups is 2. The molecule has 144 valence electrons. The fraction of sp³-hybridized carbons (Fsp3) is 0.700. The maximum absolute atomic E-state index is 12.6. The van der Waals surface area contributed by atoms with Crippen molar-refractivity contribution in [3.63, 3.8) is 0 Å². The molecule has 0 saturated carbocycles. The summed E-state index contributed by atoms with van der Waals surface area (Å²) in [5.41, 5.74) is 1.69. The lowest BCUT2D eigenvalue weighted by Gasteiger charge is -2.34. The van der Waals surface area contributed by atoms with Crippen LogP contribution in [0.2, 0.25) is 0 Å². The van der Waals surface area contributed by atoms with Crippen LogP contribution in [0.15, 0.2) is 0 Å². The van der Waals surface area contributed by atoms with Crippen LogP contribution in [0.1, 0.15) is 60.8 Å². The van der Waals surface area contributed by atoms with Crippen LogP contribution in [0.25, 0.3) is 0 Å². The number of ether oxygens (including phenoxy) is 1. The van der Waals surface area contributed by atoms with Crippen LogP contribution >= 0.6 is 11.3 Å². The number of nitrogens with zero attached hydrogens (tertiary/aromatic N) is 1. The molecule has 1 amide bonds. The van der Waals surface area contributed by atoms with Crippen LogP contribution < -0.4 is 5.32 Å². The van der Waals surface area contributed by atoms with Crippen LogP contribution in [0.3, 0.4) is 0 Å². The summed E-state index contributed by atoms with van der Waals surface area (Å²) >= 11 is 1.56. The number of likely N-dealkylation sites (tertiary alicyclic amines) is 1. The first-order valence-corrected chi connectivity index (χ1v) is 10.6. The van der Waals surface area contributed by atoms with E-state index in [2.05, 4.69) is 24.1 Å². The highest BCUT2D eigenvalue weighted by molar-refractivity contribution is 7.17. The smallest absolute Gasteiger partial charge is 0.341 e. The van der Waals surface area contributed by atoms with Gasteiger partial charge in [0.05, 0.1) is 18.7 Å². The molecular weight excluding hydrogens is 348 g/mol. The van der Waals surface area contributed by atoms with Crippen LogP contribution in [-0.2, 0) is 22.4 Å². The Morgan fingerprint density at radius 1 is 1.19 bits per heavy atom. The van der Waals surface area contributed by atoms with Gasteiger partial charge in [-0.15, -0.1) is 11.3 Å². The average molecular weight is 379 g/mol. The highest BCUT2D eigenvalue weighted by Crippen LogP contribution is 2.38. The van der Waals surface area contributed by atoms with Crippen molar-refractivity contribution in [1.82, 2.24) is 4.90 Å². The Balaban J connectivity index is 1.73. The Bertz CT molecular complexity index is 660. The van der Waals surface area contributed by atoms with Gasteiger partial charge in [0, 0.05) is 18.0 Å². The summed E-state index contributed by atoms with van der Waals surface area (Å²) in [5, 5.41) is 3.70. The molecule has 1 aromatic rings. The predicted molar refractivity (Wildman–Crippen MR) is 105 cm³/mol. The molecule has 0 radical (unpaired) electrons. The monoisotopic (exact) mass is 378 g/mol. The second-order valence-corrected chi connectivity index (χ2v) is 8.93. The van der Waals surface area contributed by atoms with Gasteiger partial charge in [-0.2, -0.15) is 0 Å². The number of thiophene rings is 1. The topological polar surface area (TPSA) is 58.6 Å². The molecule has 1 aliphatic carbocycles. The molecule has 2 aliphatic rings. The van der Waals surface area contributed by atoms with Crippen LogP contribution in [0.5, 0.6) is 0 Å². The highest BCUT2D eigenvalue weighted by atomic mass is 32.1. The summed E-state index contributed by atoms with van der Waals surface area (Å²) < 4.78 is 5.26. The van der Waals surface area contributed by atoms with Gasteiger partial charge in [0.15, 0.2) is 0 Å². The van der Waals surface area contributed by atoms with Crippen LogP contribution in [-0.4, -0.2) is 43.0 Å². The van der Waals surface area contributed by atoms with Crippen molar-refractivity contribution in [3.8, 4) is 0 Å². The Morgan fingerprint density at radius 3 is 2.58 bits per heavy atom. The van der Waals surface area contributed by atoms with E-state index in [1.54, 1.807) is 11.3 Å². The molecule has 6 heteroatoms. The van der Waals surface area contributed by atoms with Gasteiger partial charge in [-0.05, 0) is 56.4 Å².